The molecule has 0 spiro atoms. The fraction of sp³-hybridized carbons (Fsp3) is 0.476. The second-order valence-corrected chi connectivity index (χ2v) is 7.37. The van der Waals surface area contributed by atoms with Gasteiger partial charge in [-0.3, -0.25) is 34.2 Å². The number of fused-ring (bicyclic) bond motifs is 1. The number of esters is 1. The lowest BCUT2D eigenvalue weighted by atomic mass is 9.81. The SMILES string of the molecule is O=C(COC(=O)CCN1C(=O)[C@H]2CCCC[C@@H]2C1=O)NC(=O)Cc1ccccc1. The lowest BCUT2D eigenvalue weighted by molar-refractivity contribution is -0.151. The zero-order valence-electron chi connectivity index (χ0n) is 16.1. The van der Waals surface area contributed by atoms with Crippen LogP contribution in [0.4, 0.5) is 0 Å². The molecule has 8 heteroatoms. The Bertz CT molecular complexity index is 783. The van der Waals surface area contributed by atoms with Crippen LogP contribution in [0.15, 0.2) is 30.3 Å². The second kappa shape index (κ2) is 9.45. The van der Waals surface area contributed by atoms with Crippen LogP contribution in [0.2, 0.25) is 0 Å². The van der Waals surface area contributed by atoms with Crippen molar-refractivity contribution in [3.8, 4) is 0 Å². The van der Waals surface area contributed by atoms with Crippen LogP contribution in [0, 0.1) is 11.8 Å². The molecule has 2 atom stereocenters. The van der Waals surface area contributed by atoms with Gasteiger partial charge in [0.05, 0.1) is 24.7 Å². The second-order valence-electron chi connectivity index (χ2n) is 7.37. The summed E-state index contributed by atoms with van der Waals surface area (Å²) in [4.78, 5) is 61.3. The van der Waals surface area contributed by atoms with Crippen LogP contribution in [0.1, 0.15) is 37.7 Å². The smallest absolute Gasteiger partial charge is 0.308 e. The summed E-state index contributed by atoms with van der Waals surface area (Å²) in [5.74, 6) is -2.85. The van der Waals surface area contributed by atoms with Crippen molar-refractivity contribution in [1.82, 2.24) is 10.2 Å². The van der Waals surface area contributed by atoms with Gasteiger partial charge in [-0.2, -0.15) is 0 Å². The first-order valence-corrected chi connectivity index (χ1v) is 9.83. The van der Waals surface area contributed by atoms with Gasteiger partial charge < -0.3 is 4.74 Å². The van der Waals surface area contributed by atoms with Gasteiger partial charge in [-0.05, 0) is 18.4 Å². The Morgan fingerprint density at radius 2 is 1.59 bits per heavy atom. The fourth-order valence-electron chi connectivity index (χ4n) is 3.89. The van der Waals surface area contributed by atoms with Gasteiger partial charge in [0.15, 0.2) is 6.61 Å². The van der Waals surface area contributed by atoms with Gasteiger partial charge >= 0.3 is 5.97 Å². The average Bonchev–Trinajstić information content (AvgIpc) is 2.96. The molecule has 2 fully saturated rings. The predicted molar refractivity (Wildman–Crippen MR) is 101 cm³/mol. The lowest BCUT2D eigenvalue weighted by Gasteiger charge is -2.19. The van der Waals surface area contributed by atoms with Gasteiger partial charge in [-0.1, -0.05) is 43.2 Å². The fourth-order valence-corrected chi connectivity index (χ4v) is 3.89. The zero-order valence-corrected chi connectivity index (χ0v) is 16.1. The number of nitrogens with zero attached hydrogens (tertiary/aromatic N) is 1. The number of amides is 4. The minimum absolute atomic E-state index is 0.0436. The van der Waals surface area contributed by atoms with Gasteiger partial charge in [-0.15, -0.1) is 0 Å². The molecule has 2 aliphatic rings. The average molecular weight is 400 g/mol. The van der Waals surface area contributed by atoms with Gasteiger partial charge in [0.25, 0.3) is 5.91 Å². The summed E-state index contributed by atoms with van der Waals surface area (Å²) in [6.07, 6.45) is 3.17. The first-order valence-electron chi connectivity index (χ1n) is 9.83. The third-order valence-corrected chi connectivity index (χ3v) is 5.32. The van der Waals surface area contributed by atoms with Crippen molar-refractivity contribution in [3.05, 3.63) is 35.9 Å². The van der Waals surface area contributed by atoms with Gasteiger partial charge in [0.1, 0.15) is 0 Å². The maximum absolute atomic E-state index is 12.4. The van der Waals surface area contributed by atoms with E-state index in [0.717, 1.165) is 23.3 Å². The Labute approximate surface area is 168 Å². The van der Waals surface area contributed by atoms with Gasteiger partial charge in [0.2, 0.25) is 17.7 Å². The number of hydrogen-bond donors (Lipinski definition) is 1. The molecule has 154 valence electrons. The molecule has 8 nitrogen and oxygen atoms in total. The highest BCUT2D eigenvalue weighted by atomic mass is 16.5. The summed E-state index contributed by atoms with van der Waals surface area (Å²) in [6.45, 7) is -0.634. The summed E-state index contributed by atoms with van der Waals surface area (Å²) >= 11 is 0. The van der Waals surface area contributed by atoms with Crippen molar-refractivity contribution in [2.75, 3.05) is 13.2 Å². The summed E-state index contributed by atoms with van der Waals surface area (Å²) in [7, 11) is 0. The summed E-state index contributed by atoms with van der Waals surface area (Å²) in [5.41, 5.74) is 0.760. The largest absolute Gasteiger partial charge is 0.456 e. The Balaban J connectivity index is 1.37. The molecule has 1 saturated heterocycles. The number of rotatable bonds is 7. The highest BCUT2D eigenvalue weighted by molar-refractivity contribution is 6.05. The summed E-state index contributed by atoms with van der Waals surface area (Å²) < 4.78 is 4.85. The first kappa shape index (κ1) is 20.7. The molecule has 0 unspecified atom stereocenters. The number of imide groups is 2. The Kier molecular flexibility index (Phi) is 6.74. The number of nitrogens with one attached hydrogen (secondary N) is 1. The molecule has 3 rings (SSSR count). The molecule has 29 heavy (non-hydrogen) atoms. The van der Waals surface area contributed by atoms with E-state index in [1.807, 2.05) is 6.07 Å². The van der Waals surface area contributed by atoms with Gasteiger partial charge in [-0.25, -0.2) is 0 Å². The number of likely N-dealkylation sites (tertiary alicyclic amines) is 1. The Morgan fingerprint density at radius 3 is 2.21 bits per heavy atom. The van der Waals surface area contributed by atoms with Crippen LogP contribution in [-0.2, 0) is 35.1 Å². The van der Waals surface area contributed by atoms with E-state index in [0.29, 0.717) is 12.8 Å². The molecular formula is C21H24N2O6. The lowest BCUT2D eigenvalue weighted by Crippen LogP contribution is -2.36. The Hall–Kier alpha value is -3.03. The predicted octanol–water partition coefficient (Wildman–Crippen LogP) is 0.980. The monoisotopic (exact) mass is 400 g/mol. The van der Waals surface area contributed by atoms with Crippen LogP contribution < -0.4 is 5.32 Å². The van der Waals surface area contributed by atoms with Crippen molar-refractivity contribution < 1.29 is 28.7 Å². The summed E-state index contributed by atoms with van der Waals surface area (Å²) in [5, 5.41) is 2.16. The third kappa shape index (κ3) is 5.28. The number of carbonyl (C=O) groups is 5. The zero-order chi connectivity index (χ0) is 20.8. The maximum Gasteiger partial charge on any atom is 0.308 e. The van der Waals surface area contributed by atoms with Crippen molar-refractivity contribution in [2.45, 2.75) is 38.5 Å². The van der Waals surface area contributed by atoms with Crippen LogP contribution >= 0.6 is 0 Å². The van der Waals surface area contributed by atoms with Crippen LogP contribution in [0.5, 0.6) is 0 Å². The van der Waals surface area contributed by atoms with Crippen molar-refractivity contribution in [1.29, 1.82) is 0 Å². The van der Waals surface area contributed by atoms with Crippen LogP contribution in [0.25, 0.3) is 0 Å². The number of carbonyl (C=O) groups excluding carboxylic acids is 5. The van der Waals surface area contributed by atoms with E-state index in [-0.39, 0.29) is 43.0 Å². The molecule has 0 aromatic heterocycles. The van der Waals surface area contributed by atoms with E-state index in [2.05, 4.69) is 5.32 Å². The first-order chi connectivity index (χ1) is 14.0. The van der Waals surface area contributed by atoms with E-state index in [9.17, 15) is 24.0 Å². The molecule has 1 heterocycles. The minimum Gasteiger partial charge on any atom is -0.456 e. The molecule has 1 N–H and O–H groups in total. The topological polar surface area (TPSA) is 110 Å². The molecule has 0 radical (unpaired) electrons. The highest BCUT2D eigenvalue weighted by Gasteiger charge is 2.47. The van der Waals surface area contributed by atoms with Gasteiger partial charge in [0, 0.05) is 6.54 Å². The van der Waals surface area contributed by atoms with Crippen molar-refractivity contribution in [3.63, 3.8) is 0 Å². The number of ether oxygens (including phenoxy) is 1. The standard InChI is InChI=1S/C21H24N2O6/c24-17(12-14-6-2-1-3-7-14)22-18(25)13-29-19(26)10-11-23-20(27)15-8-4-5-9-16(15)21(23)28/h1-3,6-7,15-16H,4-5,8-13H2,(H,22,24,25)/t15-,16-/m0/s1. The third-order valence-electron chi connectivity index (χ3n) is 5.32. The molecule has 1 aromatic carbocycles. The Morgan fingerprint density at radius 1 is 0.966 bits per heavy atom. The minimum atomic E-state index is -0.723. The normalized spacial score (nSPS) is 20.9. The number of hydrogen-bond acceptors (Lipinski definition) is 6. The maximum atomic E-state index is 12.4. The van der Waals surface area contributed by atoms with Crippen molar-refractivity contribution >= 4 is 29.6 Å². The molecule has 4 amide bonds. The molecule has 1 aliphatic heterocycles. The molecule has 0 bridgehead atoms. The van der Waals surface area contributed by atoms with E-state index in [1.165, 1.54) is 0 Å². The number of benzene rings is 1. The van der Waals surface area contributed by atoms with Crippen molar-refractivity contribution in [2.24, 2.45) is 11.8 Å². The highest BCUT2D eigenvalue weighted by Crippen LogP contribution is 2.37. The van der Waals surface area contributed by atoms with E-state index in [4.69, 9.17) is 4.74 Å². The summed E-state index contributed by atoms with van der Waals surface area (Å²) in [6, 6.07) is 8.93. The molecule has 1 aliphatic carbocycles. The molecule has 1 aromatic rings. The molecule has 1 saturated carbocycles. The van der Waals surface area contributed by atoms with E-state index >= 15 is 0 Å². The van der Waals surface area contributed by atoms with E-state index < -0.39 is 24.4 Å². The molecular weight excluding hydrogens is 376 g/mol. The van der Waals surface area contributed by atoms with Crippen LogP contribution in [0.3, 0.4) is 0 Å². The van der Waals surface area contributed by atoms with E-state index in [1.54, 1.807) is 24.3 Å². The van der Waals surface area contributed by atoms with Crippen LogP contribution in [-0.4, -0.2) is 47.6 Å². The quantitative estimate of drug-likeness (QED) is 0.540.